The van der Waals surface area contributed by atoms with Crippen molar-refractivity contribution in [3.05, 3.63) is 64.7 Å². The van der Waals surface area contributed by atoms with Crippen molar-refractivity contribution in [2.75, 3.05) is 34.3 Å². The summed E-state index contributed by atoms with van der Waals surface area (Å²) in [6, 6.07) is 11.2. The van der Waals surface area contributed by atoms with Crippen LogP contribution in [0.5, 0.6) is 11.5 Å². The summed E-state index contributed by atoms with van der Waals surface area (Å²) in [7, 11) is 5.35. The third-order valence-corrected chi connectivity index (χ3v) is 5.40. The van der Waals surface area contributed by atoms with Crippen LogP contribution in [0, 0.1) is 6.92 Å². The predicted molar refractivity (Wildman–Crippen MR) is 118 cm³/mol. The lowest BCUT2D eigenvalue weighted by molar-refractivity contribution is -0.139. The fraction of sp³-hybridized carbons (Fsp3) is 0.333. The van der Waals surface area contributed by atoms with Gasteiger partial charge in [0, 0.05) is 12.6 Å². The van der Waals surface area contributed by atoms with Gasteiger partial charge in [-0.1, -0.05) is 29.8 Å². The van der Waals surface area contributed by atoms with E-state index in [2.05, 4.69) is 0 Å². The van der Waals surface area contributed by atoms with Gasteiger partial charge in [-0.3, -0.25) is 9.59 Å². The van der Waals surface area contributed by atoms with Crippen molar-refractivity contribution >= 4 is 17.4 Å². The van der Waals surface area contributed by atoms with Crippen LogP contribution in [-0.2, 0) is 9.59 Å². The van der Waals surface area contributed by atoms with E-state index in [1.54, 1.807) is 6.07 Å². The maximum Gasteiger partial charge on any atom is 0.295 e. The SMILES string of the molecule is COc1ccc(C(O)=C2C(=O)C(=O)N(CCCN(C)C)C2c2ccc(C)cc2)c(O)c1. The average molecular weight is 424 g/mol. The van der Waals surface area contributed by atoms with Crippen molar-refractivity contribution in [2.45, 2.75) is 19.4 Å². The molecule has 0 bridgehead atoms. The van der Waals surface area contributed by atoms with E-state index < -0.39 is 23.5 Å². The highest BCUT2D eigenvalue weighted by molar-refractivity contribution is 6.46. The number of hydrogen-bond donors (Lipinski definition) is 2. The van der Waals surface area contributed by atoms with E-state index in [4.69, 9.17) is 4.74 Å². The lowest BCUT2D eigenvalue weighted by atomic mass is 9.94. The predicted octanol–water partition coefficient (Wildman–Crippen LogP) is 3.08. The number of ketones is 1. The zero-order chi connectivity index (χ0) is 22.7. The summed E-state index contributed by atoms with van der Waals surface area (Å²) < 4.78 is 5.08. The zero-order valence-corrected chi connectivity index (χ0v) is 18.3. The largest absolute Gasteiger partial charge is 0.507 e. The topological polar surface area (TPSA) is 90.3 Å². The normalized spacial score (nSPS) is 18.1. The molecular weight excluding hydrogens is 396 g/mol. The number of phenolic OH excluding ortho intramolecular Hbond substituents is 1. The number of benzene rings is 2. The summed E-state index contributed by atoms with van der Waals surface area (Å²) in [5, 5.41) is 21.4. The summed E-state index contributed by atoms with van der Waals surface area (Å²) in [4.78, 5) is 29.4. The number of phenols is 1. The number of ether oxygens (including phenoxy) is 1. The highest BCUT2D eigenvalue weighted by atomic mass is 16.5. The fourth-order valence-corrected chi connectivity index (χ4v) is 3.75. The molecule has 1 heterocycles. The molecule has 2 aromatic rings. The number of aromatic hydroxyl groups is 1. The van der Waals surface area contributed by atoms with Crippen LogP contribution < -0.4 is 4.74 Å². The van der Waals surface area contributed by atoms with Crippen molar-refractivity contribution in [3.8, 4) is 11.5 Å². The minimum absolute atomic E-state index is 0.0285. The van der Waals surface area contributed by atoms with Crippen LogP contribution in [0.15, 0.2) is 48.0 Å². The Balaban J connectivity index is 2.11. The number of nitrogens with zero attached hydrogens (tertiary/aromatic N) is 2. The molecule has 1 aliphatic rings. The molecule has 2 aromatic carbocycles. The molecule has 0 aromatic heterocycles. The van der Waals surface area contributed by atoms with Crippen LogP contribution in [0.2, 0.25) is 0 Å². The molecule has 1 aliphatic heterocycles. The number of Topliss-reactive ketones (excluding diaryl/α,β-unsaturated/α-hetero) is 1. The van der Waals surface area contributed by atoms with Gasteiger partial charge < -0.3 is 24.7 Å². The lowest BCUT2D eigenvalue weighted by Gasteiger charge is -2.26. The number of aliphatic hydroxyl groups is 1. The average Bonchev–Trinajstić information content (AvgIpc) is 2.98. The molecule has 7 heteroatoms. The highest BCUT2D eigenvalue weighted by Gasteiger charge is 2.46. The Morgan fingerprint density at radius 3 is 2.39 bits per heavy atom. The summed E-state index contributed by atoms with van der Waals surface area (Å²) in [6.45, 7) is 3.07. The summed E-state index contributed by atoms with van der Waals surface area (Å²) in [5.41, 5.74) is 1.81. The second-order valence-electron chi connectivity index (χ2n) is 7.94. The number of likely N-dealkylation sites (tertiary alicyclic amines) is 1. The van der Waals surface area contributed by atoms with Gasteiger partial charge in [0.25, 0.3) is 11.7 Å². The Labute approximate surface area is 182 Å². The van der Waals surface area contributed by atoms with E-state index >= 15 is 0 Å². The molecule has 0 radical (unpaired) electrons. The van der Waals surface area contributed by atoms with Gasteiger partial charge in [-0.05, 0) is 51.7 Å². The second kappa shape index (κ2) is 9.22. The number of aliphatic hydroxyl groups excluding tert-OH is 1. The van der Waals surface area contributed by atoms with Crippen LogP contribution in [0.1, 0.15) is 29.2 Å². The number of methoxy groups -OCH3 is 1. The molecule has 1 amide bonds. The van der Waals surface area contributed by atoms with Gasteiger partial charge in [0.1, 0.15) is 17.3 Å². The molecule has 0 aliphatic carbocycles. The molecule has 1 atom stereocenters. The first kappa shape index (κ1) is 22.4. The first-order chi connectivity index (χ1) is 14.7. The summed E-state index contributed by atoms with van der Waals surface area (Å²) >= 11 is 0. The van der Waals surface area contributed by atoms with Crippen LogP contribution in [0.3, 0.4) is 0 Å². The molecule has 7 nitrogen and oxygen atoms in total. The first-order valence-electron chi connectivity index (χ1n) is 10.1. The van der Waals surface area contributed by atoms with E-state index in [9.17, 15) is 19.8 Å². The Morgan fingerprint density at radius 1 is 1.13 bits per heavy atom. The number of hydrogen-bond acceptors (Lipinski definition) is 6. The number of aryl methyl sites for hydroxylation is 1. The molecule has 2 N–H and O–H groups in total. The number of carbonyl (C=O) groups excluding carboxylic acids is 2. The summed E-state index contributed by atoms with van der Waals surface area (Å²) in [6.07, 6.45) is 0.677. The number of amides is 1. The molecular formula is C24H28N2O5. The fourth-order valence-electron chi connectivity index (χ4n) is 3.75. The Hall–Kier alpha value is -3.32. The highest BCUT2D eigenvalue weighted by Crippen LogP contribution is 2.41. The molecule has 0 saturated carbocycles. The van der Waals surface area contributed by atoms with Crippen LogP contribution in [0.4, 0.5) is 0 Å². The Morgan fingerprint density at radius 2 is 1.81 bits per heavy atom. The molecule has 31 heavy (non-hydrogen) atoms. The van der Waals surface area contributed by atoms with Crippen molar-refractivity contribution in [1.29, 1.82) is 0 Å². The third kappa shape index (κ3) is 4.56. The van der Waals surface area contributed by atoms with E-state index in [-0.39, 0.29) is 16.9 Å². The van der Waals surface area contributed by atoms with Crippen LogP contribution in [0.25, 0.3) is 5.76 Å². The maximum atomic E-state index is 13.0. The molecule has 1 saturated heterocycles. The van der Waals surface area contributed by atoms with Gasteiger partial charge >= 0.3 is 0 Å². The van der Waals surface area contributed by atoms with E-state index in [1.165, 1.54) is 24.1 Å². The molecule has 164 valence electrons. The monoisotopic (exact) mass is 424 g/mol. The zero-order valence-electron chi connectivity index (χ0n) is 18.3. The maximum absolute atomic E-state index is 13.0. The van der Waals surface area contributed by atoms with Crippen LogP contribution >= 0.6 is 0 Å². The van der Waals surface area contributed by atoms with Gasteiger partial charge in [-0.15, -0.1) is 0 Å². The van der Waals surface area contributed by atoms with E-state index in [1.807, 2.05) is 50.2 Å². The van der Waals surface area contributed by atoms with Crippen molar-refractivity contribution < 1.29 is 24.5 Å². The van der Waals surface area contributed by atoms with Gasteiger partial charge in [-0.2, -0.15) is 0 Å². The smallest absolute Gasteiger partial charge is 0.295 e. The van der Waals surface area contributed by atoms with E-state index in [0.717, 1.165) is 17.7 Å². The molecule has 1 unspecified atom stereocenters. The van der Waals surface area contributed by atoms with Crippen molar-refractivity contribution in [1.82, 2.24) is 9.80 Å². The first-order valence-corrected chi connectivity index (χ1v) is 10.1. The van der Waals surface area contributed by atoms with E-state index in [0.29, 0.717) is 18.7 Å². The third-order valence-electron chi connectivity index (χ3n) is 5.40. The summed E-state index contributed by atoms with van der Waals surface area (Å²) in [5.74, 6) is -1.65. The Bertz CT molecular complexity index is 1010. The van der Waals surface area contributed by atoms with Gasteiger partial charge in [0.05, 0.1) is 24.3 Å². The van der Waals surface area contributed by atoms with Crippen molar-refractivity contribution in [3.63, 3.8) is 0 Å². The van der Waals surface area contributed by atoms with Gasteiger partial charge in [0.15, 0.2) is 0 Å². The quantitative estimate of drug-likeness (QED) is 0.403. The minimum atomic E-state index is -0.761. The van der Waals surface area contributed by atoms with Crippen LogP contribution in [-0.4, -0.2) is 66.0 Å². The van der Waals surface area contributed by atoms with Crippen molar-refractivity contribution in [2.24, 2.45) is 0 Å². The lowest BCUT2D eigenvalue weighted by Crippen LogP contribution is -2.32. The standard InChI is InChI=1S/C24H28N2O5/c1-15-6-8-16(9-7-15)21-20(22(28)18-11-10-17(31-4)14-19(18)27)23(29)24(30)26(21)13-5-12-25(2)3/h6-11,14,21,27-28H,5,12-13H2,1-4H3. The number of carbonyl (C=O) groups is 2. The second-order valence-corrected chi connectivity index (χ2v) is 7.94. The molecule has 0 spiro atoms. The minimum Gasteiger partial charge on any atom is -0.507 e. The molecule has 3 rings (SSSR count). The van der Waals surface area contributed by atoms with Gasteiger partial charge in [0.2, 0.25) is 0 Å². The van der Waals surface area contributed by atoms with Gasteiger partial charge in [-0.25, -0.2) is 0 Å². The Kier molecular flexibility index (Phi) is 6.65. The molecule has 1 fully saturated rings. The number of rotatable bonds is 7.